The van der Waals surface area contributed by atoms with Crippen LogP contribution in [0.15, 0.2) is 32.9 Å². The second-order valence-corrected chi connectivity index (χ2v) is 6.03. The molecule has 1 aliphatic carbocycles. The summed E-state index contributed by atoms with van der Waals surface area (Å²) in [6.07, 6.45) is 3.61. The van der Waals surface area contributed by atoms with E-state index < -0.39 is 21.9 Å². The Bertz CT molecular complexity index is 701. The first-order valence-electron chi connectivity index (χ1n) is 5.69. The van der Waals surface area contributed by atoms with Gasteiger partial charge < -0.3 is 4.74 Å². The lowest BCUT2D eigenvalue weighted by Crippen LogP contribution is -2.19. The Balaban J connectivity index is 3.40. The van der Waals surface area contributed by atoms with Crippen LogP contribution in [0.3, 0.4) is 0 Å². The van der Waals surface area contributed by atoms with Gasteiger partial charge in [-0.15, -0.1) is 11.6 Å². The summed E-state index contributed by atoms with van der Waals surface area (Å²) in [7, 11) is -3.68. The van der Waals surface area contributed by atoms with Crippen molar-refractivity contribution in [2.45, 2.75) is 13.8 Å². The molecule has 0 fully saturated rings. The van der Waals surface area contributed by atoms with Crippen LogP contribution in [-0.2, 0) is 24.3 Å². The lowest BCUT2D eigenvalue weighted by molar-refractivity contribution is -0.136. The monoisotopic (exact) mass is 332 g/mol. The zero-order valence-electron chi connectivity index (χ0n) is 11.6. The van der Waals surface area contributed by atoms with Gasteiger partial charge in [-0.05, 0) is 19.1 Å². The molecule has 114 valence electrons. The summed E-state index contributed by atoms with van der Waals surface area (Å²) in [5.41, 5.74) is 0.500. The van der Waals surface area contributed by atoms with Crippen LogP contribution in [0.2, 0.25) is 0 Å². The lowest BCUT2D eigenvalue weighted by atomic mass is 10.0. The minimum absolute atomic E-state index is 0.0394. The third-order valence-corrected chi connectivity index (χ3v) is 2.98. The lowest BCUT2D eigenvalue weighted by Gasteiger charge is -2.15. The van der Waals surface area contributed by atoms with Crippen molar-refractivity contribution in [1.82, 2.24) is 0 Å². The number of ether oxygens (including phenoxy) is 1. The van der Waals surface area contributed by atoms with Gasteiger partial charge in [0.1, 0.15) is 11.6 Å². The first-order valence-corrected chi connectivity index (χ1v) is 8.08. The number of nitrogens with zero attached hydrogens (tertiary/aromatic N) is 2. The summed E-state index contributed by atoms with van der Waals surface area (Å²) in [6, 6.07) is 0. The van der Waals surface area contributed by atoms with Gasteiger partial charge in [0, 0.05) is 12.5 Å². The minimum atomic E-state index is -3.68. The van der Waals surface area contributed by atoms with Crippen LogP contribution in [-0.4, -0.2) is 43.9 Å². The molecule has 0 aromatic heterocycles. The van der Waals surface area contributed by atoms with E-state index in [4.69, 9.17) is 16.3 Å². The second kappa shape index (κ2) is 6.77. The molecule has 9 heteroatoms. The SMILES string of the molecule is CC(=O)OC1=C(C)C(=NC(=O)CCl)C=C/C1=N/S(C)(=O)=O. The van der Waals surface area contributed by atoms with Crippen molar-refractivity contribution < 1.29 is 22.7 Å². The molecule has 1 rings (SSSR count). The molecule has 1 aliphatic rings. The van der Waals surface area contributed by atoms with Crippen molar-refractivity contribution in [2.24, 2.45) is 9.39 Å². The number of sulfonamides is 1. The van der Waals surface area contributed by atoms with Crippen LogP contribution in [0.1, 0.15) is 13.8 Å². The Labute approximate surface area is 127 Å². The van der Waals surface area contributed by atoms with E-state index in [0.29, 0.717) is 5.57 Å². The molecule has 0 saturated heterocycles. The Morgan fingerprint density at radius 3 is 2.33 bits per heavy atom. The molecule has 1 amide bonds. The molecule has 0 spiro atoms. The van der Waals surface area contributed by atoms with E-state index in [1.807, 2.05) is 0 Å². The fourth-order valence-corrected chi connectivity index (χ4v) is 2.04. The van der Waals surface area contributed by atoms with Crippen molar-refractivity contribution in [3.63, 3.8) is 0 Å². The number of halogens is 1. The molecule has 0 N–H and O–H groups in total. The molecule has 0 atom stereocenters. The fourth-order valence-electron chi connectivity index (χ4n) is 1.48. The Morgan fingerprint density at radius 2 is 1.86 bits per heavy atom. The van der Waals surface area contributed by atoms with E-state index >= 15 is 0 Å². The highest BCUT2D eigenvalue weighted by atomic mass is 35.5. The highest BCUT2D eigenvalue weighted by Crippen LogP contribution is 2.18. The van der Waals surface area contributed by atoms with Gasteiger partial charge in [0.15, 0.2) is 5.76 Å². The number of esters is 1. The highest BCUT2D eigenvalue weighted by Gasteiger charge is 2.22. The molecule has 0 radical (unpaired) electrons. The smallest absolute Gasteiger partial charge is 0.308 e. The van der Waals surface area contributed by atoms with E-state index in [1.165, 1.54) is 19.1 Å². The number of amides is 1. The van der Waals surface area contributed by atoms with Gasteiger partial charge in [0.25, 0.3) is 15.9 Å². The van der Waals surface area contributed by atoms with E-state index in [9.17, 15) is 18.0 Å². The van der Waals surface area contributed by atoms with Crippen molar-refractivity contribution in [3.05, 3.63) is 23.5 Å². The maximum absolute atomic E-state index is 11.3. The Morgan fingerprint density at radius 1 is 1.29 bits per heavy atom. The van der Waals surface area contributed by atoms with Gasteiger partial charge in [0.2, 0.25) is 0 Å². The van der Waals surface area contributed by atoms with E-state index in [1.54, 1.807) is 0 Å². The van der Waals surface area contributed by atoms with Gasteiger partial charge >= 0.3 is 5.97 Å². The van der Waals surface area contributed by atoms with Crippen LogP contribution in [0, 0.1) is 0 Å². The summed E-state index contributed by atoms with van der Waals surface area (Å²) >= 11 is 5.37. The molecule has 0 aromatic carbocycles. The largest absolute Gasteiger partial charge is 0.424 e. The van der Waals surface area contributed by atoms with Crippen LogP contribution in [0.5, 0.6) is 0 Å². The first-order chi connectivity index (χ1) is 9.64. The molecule has 0 aromatic rings. The van der Waals surface area contributed by atoms with Crippen LogP contribution in [0.4, 0.5) is 0 Å². The molecule has 21 heavy (non-hydrogen) atoms. The summed E-state index contributed by atoms with van der Waals surface area (Å²) in [4.78, 5) is 26.1. The number of hydrogen-bond donors (Lipinski definition) is 0. The van der Waals surface area contributed by atoms with E-state index in [2.05, 4.69) is 9.39 Å². The Hall–Kier alpha value is -1.80. The topological polar surface area (TPSA) is 102 Å². The first kappa shape index (κ1) is 17.3. The molecule has 7 nitrogen and oxygen atoms in total. The van der Waals surface area contributed by atoms with Crippen LogP contribution < -0.4 is 0 Å². The number of rotatable bonds is 3. The zero-order chi connectivity index (χ0) is 16.2. The Kier molecular flexibility index (Phi) is 5.56. The highest BCUT2D eigenvalue weighted by molar-refractivity contribution is 7.89. The number of carbonyl (C=O) groups is 2. The van der Waals surface area contributed by atoms with E-state index in [-0.39, 0.29) is 23.1 Å². The van der Waals surface area contributed by atoms with Crippen molar-refractivity contribution >= 4 is 44.9 Å². The van der Waals surface area contributed by atoms with Crippen molar-refractivity contribution in [3.8, 4) is 0 Å². The average molecular weight is 333 g/mol. The number of allylic oxidation sites excluding steroid dienone is 3. The summed E-state index contributed by atoms with van der Waals surface area (Å²) in [5.74, 6) is -1.57. The van der Waals surface area contributed by atoms with E-state index in [0.717, 1.165) is 13.2 Å². The van der Waals surface area contributed by atoms with Crippen molar-refractivity contribution in [1.29, 1.82) is 0 Å². The number of aliphatic imine (C=N–C) groups is 1. The van der Waals surface area contributed by atoms with Gasteiger partial charge in [-0.1, -0.05) is 0 Å². The number of hydrogen-bond acceptors (Lipinski definition) is 5. The maximum atomic E-state index is 11.3. The fraction of sp³-hybridized carbons (Fsp3) is 0.333. The zero-order valence-corrected chi connectivity index (χ0v) is 13.2. The van der Waals surface area contributed by atoms with Gasteiger partial charge in [-0.3, -0.25) is 9.59 Å². The number of carbonyl (C=O) groups excluding carboxylic acids is 2. The molecule has 0 heterocycles. The molecule has 0 aliphatic heterocycles. The van der Waals surface area contributed by atoms with Gasteiger partial charge in [-0.2, -0.15) is 4.40 Å². The maximum Gasteiger partial charge on any atom is 0.308 e. The third kappa shape index (κ3) is 5.24. The summed E-state index contributed by atoms with van der Waals surface area (Å²) in [6.45, 7) is 2.69. The predicted molar refractivity (Wildman–Crippen MR) is 79.0 cm³/mol. The molecular formula is C12H13ClN2O5S. The molecule has 0 bridgehead atoms. The van der Waals surface area contributed by atoms with Gasteiger partial charge in [-0.25, -0.2) is 13.4 Å². The van der Waals surface area contributed by atoms with Crippen LogP contribution >= 0.6 is 11.6 Å². The average Bonchev–Trinajstić information content (AvgIpc) is 2.35. The molecule has 0 saturated carbocycles. The van der Waals surface area contributed by atoms with Gasteiger partial charge in [0.05, 0.1) is 12.0 Å². The quantitative estimate of drug-likeness (QED) is 0.436. The number of alkyl halides is 1. The normalized spacial score (nSPS) is 19.2. The molecular weight excluding hydrogens is 320 g/mol. The molecule has 0 unspecified atom stereocenters. The van der Waals surface area contributed by atoms with Crippen molar-refractivity contribution in [2.75, 3.05) is 12.1 Å². The standard InChI is InChI=1S/C12H13ClN2O5S/c1-7-9(14-11(17)6-13)4-5-10(15-21(3,18)19)12(7)20-8(2)16/h4-5H,6H2,1-3H3/b14-9?,15-10-. The minimum Gasteiger partial charge on any atom is -0.424 e. The predicted octanol–water partition coefficient (Wildman–Crippen LogP) is 1.00. The van der Waals surface area contributed by atoms with Crippen LogP contribution in [0.25, 0.3) is 0 Å². The second-order valence-electron chi connectivity index (χ2n) is 4.12. The third-order valence-electron chi connectivity index (χ3n) is 2.23. The summed E-state index contributed by atoms with van der Waals surface area (Å²) < 4.78 is 31.0. The summed E-state index contributed by atoms with van der Waals surface area (Å²) in [5, 5.41) is 0.